The third kappa shape index (κ3) is 4.29. The zero-order valence-corrected chi connectivity index (χ0v) is 19.9. The minimum atomic E-state index is -1.14. The van der Waals surface area contributed by atoms with Gasteiger partial charge in [-0.1, -0.05) is 34.4 Å². The number of hydrogen-bond donors (Lipinski definition) is 2. The van der Waals surface area contributed by atoms with Gasteiger partial charge in [0.05, 0.1) is 22.2 Å². The molecule has 0 unspecified atom stereocenters. The lowest BCUT2D eigenvalue weighted by atomic mass is 10.0. The maximum absolute atomic E-state index is 15.0. The Hall–Kier alpha value is -3.89. The third-order valence-electron chi connectivity index (χ3n) is 5.91. The summed E-state index contributed by atoms with van der Waals surface area (Å²) in [5, 5.41) is 13.8. The largest absolute Gasteiger partial charge is 0.480 e. The van der Waals surface area contributed by atoms with E-state index in [1.807, 2.05) is 0 Å². The van der Waals surface area contributed by atoms with Gasteiger partial charge < -0.3 is 25.0 Å². The van der Waals surface area contributed by atoms with Crippen molar-refractivity contribution in [3.05, 3.63) is 64.2 Å². The standard InChI is InChI=1S/C24H17Cl2FN4O5/c25-15-7-13(23(32)31-5-1-2-17(31)24(33)34)16(27)9-19(15)35-20-10-29-21(26)8-12(20)11-3-4-18-14(6-11)22(28)30-36-18/h3-4,6-10,17H,1-2,5H2,(H2,28,30)(H,33,34)/t17-/m0/s1. The van der Waals surface area contributed by atoms with Crippen LogP contribution in [-0.4, -0.2) is 44.6 Å². The maximum Gasteiger partial charge on any atom is 0.326 e. The molecule has 184 valence electrons. The minimum Gasteiger partial charge on any atom is -0.480 e. The molecule has 0 saturated carbocycles. The number of halogens is 3. The summed E-state index contributed by atoms with van der Waals surface area (Å²) >= 11 is 12.5. The first-order valence-electron chi connectivity index (χ1n) is 10.7. The van der Waals surface area contributed by atoms with Crippen LogP contribution in [0.25, 0.3) is 22.1 Å². The fraction of sp³-hybridized carbons (Fsp3) is 0.167. The molecule has 1 aliphatic rings. The van der Waals surface area contributed by atoms with Gasteiger partial charge in [0.15, 0.2) is 17.2 Å². The smallest absolute Gasteiger partial charge is 0.326 e. The van der Waals surface area contributed by atoms with Crippen LogP contribution in [0, 0.1) is 5.82 Å². The molecule has 5 rings (SSSR count). The molecule has 4 aromatic rings. The Bertz CT molecular complexity index is 1530. The normalized spacial score (nSPS) is 15.4. The summed E-state index contributed by atoms with van der Waals surface area (Å²) in [5.41, 5.74) is 7.17. The molecule has 2 aromatic heterocycles. The van der Waals surface area contributed by atoms with E-state index < -0.39 is 23.7 Å². The fourth-order valence-electron chi connectivity index (χ4n) is 4.16. The molecule has 0 aliphatic carbocycles. The predicted molar refractivity (Wildman–Crippen MR) is 130 cm³/mol. The molecule has 0 bridgehead atoms. The zero-order valence-electron chi connectivity index (χ0n) is 18.4. The number of likely N-dealkylation sites (tertiary alicyclic amines) is 1. The highest BCUT2D eigenvalue weighted by Gasteiger charge is 2.35. The number of fused-ring (bicyclic) bond motifs is 1. The first kappa shape index (κ1) is 23.8. The summed E-state index contributed by atoms with van der Waals surface area (Å²) in [7, 11) is 0. The van der Waals surface area contributed by atoms with Crippen molar-refractivity contribution in [3.63, 3.8) is 0 Å². The number of aliphatic carboxylic acids is 1. The summed E-state index contributed by atoms with van der Waals surface area (Å²) in [4.78, 5) is 29.5. The average molecular weight is 531 g/mol. The summed E-state index contributed by atoms with van der Waals surface area (Å²) in [5.74, 6) is -2.45. The first-order chi connectivity index (χ1) is 17.2. The number of pyridine rings is 1. The number of carbonyl (C=O) groups excluding carboxylic acids is 1. The second-order valence-corrected chi connectivity index (χ2v) is 8.94. The number of amides is 1. The van der Waals surface area contributed by atoms with E-state index in [-0.39, 0.29) is 39.6 Å². The molecule has 1 saturated heterocycles. The molecule has 1 amide bonds. The second-order valence-electron chi connectivity index (χ2n) is 8.14. The van der Waals surface area contributed by atoms with Crippen molar-refractivity contribution in [2.45, 2.75) is 18.9 Å². The van der Waals surface area contributed by atoms with Crippen LogP contribution in [-0.2, 0) is 4.79 Å². The molecule has 1 aliphatic heterocycles. The highest BCUT2D eigenvalue weighted by molar-refractivity contribution is 6.32. The van der Waals surface area contributed by atoms with Crippen LogP contribution in [0.5, 0.6) is 11.5 Å². The average Bonchev–Trinajstić information content (AvgIpc) is 3.49. The first-order valence-corrected chi connectivity index (χ1v) is 11.5. The van der Waals surface area contributed by atoms with Gasteiger partial charge >= 0.3 is 5.97 Å². The zero-order chi connectivity index (χ0) is 25.6. The van der Waals surface area contributed by atoms with Gasteiger partial charge in [0, 0.05) is 18.2 Å². The van der Waals surface area contributed by atoms with Crippen LogP contribution >= 0.6 is 23.2 Å². The molecule has 36 heavy (non-hydrogen) atoms. The van der Waals surface area contributed by atoms with Gasteiger partial charge in [-0.2, -0.15) is 0 Å². The van der Waals surface area contributed by atoms with Gasteiger partial charge in [-0.05, 0) is 42.7 Å². The highest BCUT2D eigenvalue weighted by Crippen LogP contribution is 2.39. The molecule has 9 nitrogen and oxygen atoms in total. The molecule has 0 radical (unpaired) electrons. The van der Waals surface area contributed by atoms with Crippen molar-refractivity contribution in [2.75, 3.05) is 12.3 Å². The van der Waals surface area contributed by atoms with E-state index in [0.29, 0.717) is 34.9 Å². The number of anilines is 1. The van der Waals surface area contributed by atoms with Crippen LogP contribution in [0.4, 0.5) is 10.2 Å². The van der Waals surface area contributed by atoms with E-state index in [0.717, 1.165) is 17.0 Å². The number of ether oxygens (including phenoxy) is 1. The number of nitrogens with two attached hydrogens (primary N) is 1. The van der Waals surface area contributed by atoms with Crippen molar-refractivity contribution in [1.29, 1.82) is 0 Å². The SMILES string of the molecule is Nc1noc2ccc(-c3cc(Cl)ncc3Oc3cc(F)c(C(=O)N4CCC[C@H]4C(=O)O)cc3Cl)cc12. The van der Waals surface area contributed by atoms with Gasteiger partial charge in [-0.15, -0.1) is 0 Å². The maximum atomic E-state index is 15.0. The second kappa shape index (κ2) is 9.29. The van der Waals surface area contributed by atoms with Crippen LogP contribution in [0.1, 0.15) is 23.2 Å². The van der Waals surface area contributed by atoms with E-state index >= 15 is 4.39 Å². The van der Waals surface area contributed by atoms with E-state index in [1.165, 1.54) is 6.20 Å². The van der Waals surface area contributed by atoms with Gasteiger partial charge in [-0.3, -0.25) is 4.79 Å². The Labute approximate surface area is 213 Å². The van der Waals surface area contributed by atoms with Crippen molar-refractivity contribution < 1.29 is 28.3 Å². The Morgan fingerprint density at radius 3 is 2.78 bits per heavy atom. The number of benzene rings is 2. The summed E-state index contributed by atoms with van der Waals surface area (Å²) in [6.07, 6.45) is 2.17. The third-order valence-corrected chi connectivity index (χ3v) is 6.42. The van der Waals surface area contributed by atoms with E-state index in [2.05, 4.69) is 10.1 Å². The molecule has 1 fully saturated rings. The van der Waals surface area contributed by atoms with Crippen molar-refractivity contribution in [3.8, 4) is 22.6 Å². The van der Waals surface area contributed by atoms with Crippen LogP contribution < -0.4 is 10.5 Å². The summed E-state index contributed by atoms with van der Waals surface area (Å²) < 4.78 is 26.1. The lowest BCUT2D eigenvalue weighted by Crippen LogP contribution is -2.40. The van der Waals surface area contributed by atoms with E-state index in [9.17, 15) is 14.7 Å². The minimum absolute atomic E-state index is 0.0505. The van der Waals surface area contributed by atoms with Crippen molar-refractivity contribution >= 4 is 51.9 Å². The fourth-order valence-corrected chi connectivity index (χ4v) is 4.52. The molecular weight excluding hydrogens is 514 g/mol. The lowest BCUT2D eigenvalue weighted by molar-refractivity contribution is -0.141. The number of aromatic nitrogens is 2. The van der Waals surface area contributed by atoms with Crippen LogP contribution in [0.2, 0.25) is 10.2 Å². The Morgan fingerprint density at radius 1 is 1.19 bits per heavy atom. The number of rotatable bonds is 5. The molecule has 0 spiro atoms. The molecule has 2 aromatic carbocycles. The summed E-state index contributed by atoms with van der Waals surface area (Å²) in [6, 6.07) is 7.81. The number of carbonyl (C=O) groups is 2. The van der Waals surface area contributed by atoms with Gasteiger partial charge in [-0.25, -0.2) is 14.2 Å². The quantitative estimate of drug-likeness (QED) is 0.328. The topological polar surface area (TPSA) is 132 Å². The number of carboxylic acids is 1. The molecule has 3 heterocycles. The Kier molecular flexibility index (Phi) is 6.15. The van der Waals surface area contributed by atoms with E-state index in [4.69, 9.17) is 38.2 Å². The van der Waals surface area contributed by atoms with Crippen LogP contribution in [0.3, 0.4) is 0 Å². The van der Waals surface area contributed by atoms with E-state index in [1.54, 1.807) is 24.3 Å². The monoisotopic (exact) mass is 530 g/mol. The van der Waals surface area contributed by atoms with Gasteiger partial charge in [0.2, 0.25) is 0 Å². The Balaban J connectivity index is 1.49. The van der Waals surface area contributed by atoms with Crippen molar-refractivity contribution in [1.82, 2.24) is 15.0 Å². The number of carboxylic acid groups (broad SMARTS) is 1. The van der Waals surface area contributed by atoms with Gasteiger partial charge in [0.25, 0.3) is 5.91 Å². The summed E-state index contributed by atoms with van der Waals surface area (Å²) in [6.45, 7) is 0.214. The number of nitrogens with zero attached hydrogens (tertiary/aromatic N) is 3. The molecule has 12 heteroatoms. The highest BCUT2D eigenvalue weighted by atomic mass is 35.5. The number of nitrogen functional groups attached to an aromatic ring is 1. The van der Waals surface area contributed by atoms with Crippen LogP contribution in [0.15, 0.2) is 47.1 Å². The lowest BCUT2D eigenvalue weighted by Gasteiger charge is -2.22. The Morgan fingerprint density at radius 2 is 2.00 bits per heavy atom. The number of hydrogen-bond acceptors (Lipinski definition) is 7. The molecule has 1 atom stereocenters. The van der Waals surface area contributed by atoms with Crippen molar-refractivity contribution in [2.24, 2.45) is 0 Å². The molecular formula is C24H17Cl2FN4O5. The predicted octanol–water partition coefficient (Wildman–Crippen LogP) is 5.40. The molecule has 3 N–H and O–H groups in total. The van der Waals surface area contributed by atoms with Gasteiger partial charge in [0.1, 0.15) is 22.8 Å².